The molecule has 0 aromatic heterocycles. The number of hydrogen-bond donors (Lipinski definition) is 1. The number of nitrogens with zero attached hydrogens (tertiary/aromatic N) is 2. The Balaban J connectivity index is 1.92. The van der Waals surface area contributed by atoms with Gasteiger partial charge in [-0.3, -0.25) is 9.10 Å². The summed E-state index contributed by atoms with van der Waals surface area (Å²) < 4.78 is 55.9. The maximum Gasteiger partial charge on any atom is 0.242 e. The number of anilines is 1. The molecular weight excluding hydrogens is 501 g/mol. The molecule has 32 heavy (non-hydrogen) atoms. The second-order valence-electron chi connectivity index (χ2n) is 6.85. The minimum Gasteiger partial charge on any atom is -0.492 e. The number of carbonyl (C=O) groups is 1. The Bertz CT molecular complexity index is 1150. The van der Waals surface area contributed by atoms with Crippen LogP contribution in [0.5, 0.6) is 5.75 Å². The van der Waals surface area contributed by atoms with E-state index in [1.54, 1.807) is 0 Å². The first-order valence-corrected chi connectivity index (χ1v) is 13.2. The van der Waals surface area contributed by atoms with Crippen molar-refractivity contribution < 1.29 is 26.4 Å². The summed E-state index contributed by atoms with van der Waals surface area (Å²) in [5, 5.41) is 3.04. The summed E-state index contributed by atoms with van der Waals surface area (Å²) in [6, 6.07) is 10.1. The lowest BCUT2D eigenvalue weighted by Crippen LogP contribution is -2.41. The third kappa shape index (κ3) is 7.24. The van der Waals surface area contributed by atoms with Gasteiger partial charge in [0.05, 0.1) is 23.4 Å². The maximum absolute atomic E-state index is 12.3. The van der Waals surface area contributed by atoms with Crippen molar-refractivity contribution in [3.8, 4) is 5.75 Å². The Morgan fingerprint density at radius 1 is 1.00 bits per heavy atom. The van der Waals surface area contributed by atoms with E-state index >= 15 is 0 Å². The van der Waals surface area contributed by atoms with Gasteiger partial charge in [-0.05, 0) is 42.5 Å². The van der Waals surface area contributed by atoms with E-state index in [1.165, 1.54) is 56.6 Å². The van der Waals surface area contributed by atoms with Crippen LogP contribution in [-0.4, -0.2) is 67.1 Å². The van der Waals surface area contributed by atoms with Gasteiger partial charge in [0.1, 0.15) is 18.9 Å². The van der Waals surface area contributed by atoms with Crippen LogP contribution in [0.15, 0.2) is 47.4 Å². The fraction of sp³-hybridized carbons (Fsp3) is 0.316. The lowest BCUT2D eigenvalue weighted by atomic mass is 10.3. The maximum atomic E-state index is 12.3. The van der Waals surface area contributed by atoms with Gasteiger partial charge in [0, 0.05) is 24.1 Å². The quantitative estimate of drug-likeness (QED) is 0.477. The fourth-order valence-electron chi connectivity index (χ4n) is 2.55. The molecule has 2 rings (SSSR count). The van der Waals surface area contributed by atoms with Crippen molar-refractivity contribution in [2.75, 3.05) is 44.4 Å². The molecule has 9 nitrogen and oxygen atoms in total. The third-order valence-electron chi connectivity index (χ3n) is 4.12. The second kappa shape index (κ2) is 10.7. The van der Waals surface area contributed by atoms with Crippen molar-refractivity contribution in [2.45, 2.75) is 4.90 Å². The summed E-state index contributed by atoms with van der Waals surface area (Å²) in [6.45, 7) is -0.273. The first-order valence-electron chi connectivity index (χ1n) is 9.16. The van der Waals surface area contributed by atoms with Crippen LogP contribution in [0.25, 0.3) is 0 Å². The molecule has 1 N–H and O–H groups in total. The van der Waals surface area contributed by atoms with Gasteiger partial charge in [-0.2, -0.15) is 0 Å². The van der Waals surface area contributed by atoms with E-state index in [0.717, 1.165) is 14.9 Å². The smallest absolute Gasteiger partial charge is 0.242 e. The van der Waals surface area contributed by atoms with Gasteiger partial charge in [-0.15, -0.1) is 0 Å². The van der Waals surface area contributed by atoms with E-state index < -0.39 is 32.5 Å². The lowest BCUT2D eigenvalue weighted by Gasteiger charge is -2.22. The van der Waals surface area contributed by atoms with Gasteiger partial charge in [-0.25, -0.2) is 21.1 Å². The summed E-state index contributed by atoms with van der Waals surface area (Å²) in [4.78, 5) is 12.4. The normalized spacial score (nSPS) is 11.9. The molecule has 2 aromatic carbocycles. The molecular formula is C19H23Cl2N3O6S2. The number of benzene rings is 2. The summed E-state index contributed by atoms with van der Waals surface area (Å²) in [6.07, 6.45) is 0.971. The Hall–Kier alpha value is -2.05. The summed E-state index contributed by atoms with van der Waals surface area (Å²) in [5.74, 6) is -0.133. The van der Waals surface area contributed by atoms with Gasteiger partial charge in [0.15, 0.2) is 0 Å². The first-order chi connectivity index (χ1) is 14.8. The molecule has 0 bridgehead atoms. The monoisotopic (exact) mass is 523 g/mol. The Morgan fingerprint density at radius 3 is 2.06 bits per heavy atom. The van der Waals surface area contributed by atoms with Gasteiger partial charge in [-0.1, -0.05) is 23.2 Å². The molecule has 1 amide bonds. The number of ether oxygens (including phenoxy) is 1. The second-order valence-corrected chi connectivity index (χ2v) is 11.8. The number of rotatable bonds is 10. The van der Waals surface area contributed by atoms with Crippen molar-refractivity contribution in [3.05, 3.63) is 52.5 Å². The van der Waals surface area contributed by atoms with Crippen LogP contribution in [0.1, 0.15) is 0 Å². The van der Waals surface area contributed by atoms with Crippen molar-refractivity contribution in [1.82, 2.24) is 9.62 Å². The zero-order chi connectivity index (χ0) is 24.1. The van der Waals surface area contributed by atoms with Crippen LogP contribution in [0.4, 0.5) is 5.69 Å². The summed E-state index contributed by atoms with van der Waals surface area (Å²) in [7, 11) is -4.43. The highest BCUT2D eigenvalue weighted by Crippen LogP contribution is 2.26. The van der Waals surface area contributed by atoms with E-state index in [-0.39, 0.29) is 33.8 Å². The Morgan fingerprint density at radius 2 is 1.56 bits per heavy atom. The summed E-state index contributed by atoms with van der Waals surface area (Å²) in [5.41, 5.74) is 0.171. The third-order valence-corrected chi connectivity index (χ3v) is 7.52. The zero-order valence-electron chi connectivity index (χ0n) is 17.6. The number of nitrogens with one attached hydrogen (secondary N) is 1. The van der Waals surface area contributed by atoms with E-state index in [9.17, 15) is 21.6 Å². The van der Waals surface area contributed by atoms with E-state index in [0.29, 0.717) is 5.75 Å². The average Bonchev–Trinajstić information content (AvgIpc) is 2.68. The predicted molar refractivity (Wildman–Crippen MR) is 124 cm³/mol. The van der Waals surface area contributed by atoms with Gasteiger partial charge in [0.25, 0.3) is 0 Å². The molecule has 0 aliphatic carbocycles. The standard InChI is InChI=1S/C19H23Cl2N3O6S2/c1-23(2)32(28,29)18-6-4-17(5-7-18)30-9-8-22-19(25)13-24(31(3,26)27)16-11-14(20)10-15(21)12-16/h4-7,10-12H,8-9,13H2,1-3H3,(H,22,25). The molecule has 0 saturated carbocycles. The molecule has 0 aliphatic heterocycles. The van der Waals surface area contributed by atoms with Gasteiger partial charge >= 0.3 is 0 Å². The molecule has 0 saturated heterocycles. The highest BCUT2D eigenvalue weighted by atomic mass is 35.5. The largest absolute Gasteiger partial charge is 0.492 e. The molecule has 176 valence electrons. The van der Waals surface area contributed by atoms with Crippen molar-refractivity contribution >= 4 is 54.8 Å². The van der Waals surface area contributed by atoms with Crippen LogP contribution in [0.3, 0.4) is 0 Å². The number of halogens is 2. The zero-order valence-corrected chi connectivity index (χ0v) is 20.7. The Kier molecular flexibility index (Phi) is 8.77. The van der Waals surface area contributed by atoms with Crippen LogP contribution < -0.4 is 14.4 Å². The molecule has 0 spiro atoms. The average molecular weight is 524 g/mol. The molecule has 0 aliphatic rings. The molecule has 0 unspecified atom stereocenters. The predicted octanol–water partition coefficient (Wildman–Crippen LogP) is 2.20. The number of hydrogen-bond acceptors (Lipinski definition) is 6. The highest BCUT2D eigenvalue weighted by Gasteiger charge is 2.21. The topological polar surface area (TPSA) is 113 Å². The SMILES string of the molecule is CN(C)S(=O)(=O)c1ccc(OCCNC(=O)CN(c2cc(Cl)cc(Cl)c2)S(C)(=O)=O)cc1. The van der Waals surface area contributed by atoms with Crippen molar-refractivity contribution in [1.29, 1.82) is 0 Å². The van der Waals surface area contributed by atoms with Crippen LogP contribution in [0.2, 0.25) is 10.0 Å². The fourth-order valence-corrected chi connectivity index (χ4v) is 4.80. The minimum atomic E-state index is -3.77. The van der Waals surface area contributed by atoms with Gasteiger partial charge in [0.2, 0.25) is 26.0 Å². The minimum absolute atomic E-state index is 0.0907. The van der Waals surface area contributed by atoms with Crippen LogP contribution >= 0.6 is 23.2 Å². The lowest BCUT2D eigenvalue weighted by molar-refractivity contribution is -0.119. The molecule has 0 atom stereocenters. The van der Waals surface area contributed by atoms with Crippen LogP contribution in [-0.2, 0) is 24.8 Å². The van der Waals surface area contributed by atoms with E-state index in [1.807, 2.05) is 0 Å². The number of carbonyl (C=O) groups excluding carboxylic acids is 1. The van der Waals surface area contributed by atoms with Crippen molar-refractivity contribution in [3.63, 3.8) is 0 Å². The van der Waals surface area contributed by atoms with Gasteiger partial charge < -0.3 is 10.1 Å². The van der Waals surface area contributed by atoms with Crippen molar-refractivity contribution in [2.24, 2.45) is 0 Å². The molecule has 0 heterocycles. The summed E-state index contributed by atoms with van der Waals surface area (Å²) >= 11 is 11.9. The van der Waals surface area contributed by atoms with E-state index in [4.69, 9.17) is 27.9 Å². The van der Waals surface area contributed by atoms with Crippen LogP contribution in [0, 0.1) is 0 Å². The number of amides is 1. The Labute approximate surface area is 198 Å². The van der Waals surface area contributed by atoms with E-state index in [2.05, 4.69) is 5.32 Å². The molecule has 0 radical (unpaired) electrons. The highest BCUT2D eigenvalue weighted by molar-refractivity contribution is 7.92. The molecule has 2 aromatic rings. The molecule has 0 fully saturated rings. The first kappa shape index (κ1) is 26.2. The molecule has 13 heteroatoms. The number of sulfonamides is 2.